The first-order valence-electron chi connectivity index (χ1n) is 5.57. The first kappa shape index (κ1) is 13.2. The molecular weight excluding hydrogens is 218 g/mol. The highest BCUT2D eigenvalue weighted by molar-refractivity contribution is 5.75. The monoisotopic (exact) mass is 237 g/mol. The summed E-state index contributed by atoms with van der Waals surface area (Å²) in [6.45, 7) is 5.89. The molecule has 0 fully saturated rings. The zero-order valence-corrected chi connectivity index (χ0v) is 10.4. The fourth-order valence-electron chi connectivity index (χ4n) is 1.68. The molecule has 0 aromatic carbocycles. The van der Waals surface area contributed by atoms with Crippen LogP contribution in [0.5, 0.6) is 0 Å². The lowest BCUT2D eigenvalue weighted by atomic mass is 10.0. The van der Waals surface area contributed by atoms with E-state index < -0.39 is 0 Å². The van der Waals surface area contributed by atoms with Crippen molar-refractivity contribution in [2.24, 2.45) is 5.73 Å². The standard InChI is InChI=1S/C11H19N5O/c1-6(2)9-10(13)14-5-15-11(9)16-7(3)4-8(12)17/h5-7H,4H2,1-3H3,(H2,12,17)(H3,13,14,15,16). The second kappa shape index (κ2) is 5.47. The molecule has 5 N–H and O–H groups in total. The normalized spacial score (nSPS) is 12.5. The van der Waals surface area contributed by atoms with E-state index in [1.54, 1.807) is 0 Å². The van der Waals surface area contributed by atoms with Crippen molar-refractivity contribution < 1.29 is 4.79 Å². The number of rotatable bonds is 5. The second-order valence-electron chi connectivity index (χ2n) is 4.39. The van der Waals surface area contributed by atoms with Gasteiger partial charge in [-0.2, -0.15) is 0 Å². The first-order chi connectivity index (χ1) is 7.91. The Morgan fingerprint density at radius 1 is 1.41 bits per heavy atom. The van der Waals surface area contributed by atoms with Crippen molar-refractivity contribution in [2.75, 3.05) is 11.1 Å². The number of nitrogen functional groups attached to an aromatic ring is 1. The third-order valence-corrected chi connectivity index (χ3v) is 2.38. The van der Waals surface area contributed by atoms with Gasteiger partial charge in [-0.05, 0) is 12.8 Å². The molecule has 0 saturated carbocycles. The van der Waals surface area contributed by atoms with Crippen LogP contribution in [0, 0.1) is 0 Å². The molecule has 0 radical (unpaired) electrons. The minimum atomic E-state index is -0.349. The zero-order chi connectivity index (χ0) is 13.0. The third-order valence-electron chi connectivity index (χ3n) is 2.38. The number of nitrogens with zero attached hydrogens (tertiary/aromatic N) is 2. The van der Waals surface area contributed by atoms with Gasteiger partial charge in [0, 0.05) is 18.0 Å². The molecular formula is C11H19N5O. The largest absolute Gasteiger partial charge is 0.383 e. The minimum Gasteiger partial charge on any atom is -0.383 e. The van der Waals surface area contributed by atoms with Gasteiger partial charge in [0.25, 0.3) is 0 Å². The van der Waals surface area contributed by atoms with Crippen LogP contribution in [0.3, 0.4) is 0 Å². The molecule has 1 amide bonds. The van der Waals surface area contributed by atoms with E-state index in [4.69, 9.17) is 11.5 Å². The molecule has 0 bridgehead atoms. The van der Waals surface area contributed by atoms with Crippen LogP contribution in [-0.2, 0) is 4.79 Å². The van der Waals surface area contributed by atoms with E-state index in [0.29, 0.717) is 11.6 Å². The quantitative estimate of drug-likeness (QED) is 0.704. The lowest BCUT2D eigenvalue weighted by Gasteiger charge is -2.18. The molecule has 94 valence electrons. The number of nitrogens with one attached hydrogen (secondary N) is 1. The van der Waals surface area contributed by atoms with Crippen LogP contribution in [-0.4, -0.2) is 21.9 Å². The summed E-state index contributed by atoms with van der Waals surface area (Å²) in [6.07, 6.45) is 1.65. The molecule has 0 aliphatic rings. The second-order valence-corrected chi connectivity index (χ2v) is 4.39. The number of amides is 1. The molecule has 1 unspecified atom stereocenters. The lowest BCUT2D eigenvalue weighted by Crippen LogP contribution is -2.25. The molecule has 0 spiro atoms. The maximum Gasteiger partial charge on any atom is 0.219 e. The van der Waals surface area contributed by atoms with Gasteiger partial charge in [-0.3, -0.25) is 4.79 Å². The van der Waals surface area contributed by atoms with Crippen molar-refractivity contribution >= 4 is 17.5 Å². The Hall–Kier alpha value is -1.85. The summed E-state index contributed by atoms with van der Waals surface area (Å²) >= 11 is 0. The van der Waals surface area contributed by atoms with Gasteiger partial charge >= 0.3 is 0 Å². The molecule has 17 heavy (non-hydrogen) atoms. The summed E-state index contributed by atoms with van der Waals surface area (Å²) < 4.78 is 0. The molecule has 0 aliphatic heterocycles. The van der Waals surface area contributed by atoms with Crippen LogP contribution in [0.1, 0.15) is 38.7 Å². The van der Waals surface area contributed by atoms with Crippen LogP contribution in [0.2, 0.25) is 0 Å². The number of primary amides is 1. The molecule has 6 nitrogen and oxygen atoms in total. The van der Waals surface area contributed by atoms with Crippen molar-refractivity contribution in [3.63, 3.8) is 0 Å². The lowest BCUT2D eigenvalue weighted by molar-refractivity contribution is -0.118. The van der Waals surface area contributed by atoms with Gasteiger partial charge in [0.2, 0.25) is 5.91 Å². The van der Waals surface area contributed by atoms with Gasteiger partial charge in [0.05, 0.1) is 0 Å². The van der Waals surface area contributed by atoms with Gasteiger partial charge in [0.15, 0.2) is 0 Å². The smallest absolute Gasteiger partial charge is 0.219 e. The van der Waals surface area contributed by atoms with Gasteiger partial charge in [0.1, 0.15) is 18.0 Å². The number of nitrogens with two attached hydrogens (primary N) is 2. The Balaban J connectivity index is 2.90. The van der Waals surface area contributed by atoms with E-state index in [1.807, 2.05) is 20.8 Å². The van der Waals surface area contributed by atoms with Crippen LogP contribution in [0.25, 0.3) is 0 Å². The highest BCUT2D eigenvalue weighted by Crippen LogP contribution is 2.26. The molecule has 1 heterocycles. The molecule has 1 atom stereocenters. The van der Waals surface area contributed by atoms with E-state index in [1.165, 1.54) is 6.33 Å². The number of aromatic nitrogens is 2. The number of carbonyl (C=O) groups is 1. The summed E-state index contributed by atoms with van der Waals surface area (Å²) in [4.78, 5) is 18.9. The van der Waals surface area contributed by atoms with Crippen LogP contribution >= 0.6 is 0 Å². The number of hydrogen-bond donors (Lipinski definition) is 3. The van der Waals surface area contributed by atoms with E-state index >= 15 is 0 Å². The highest BCUT2D eigenvalue weighted by Gasteiger charge is 2.15. The average molecular weight is 237 g/mol. The third kappa shape index (κ3) is 3.58. The zero-order valence-electron chi connectivity index (χ0n) is 10.4. The topological polar surface area (TPSA) is 107 Å². The minimum absolute atomic E-state index is 0.0840. The van der Waals surface area contributed by atoms with Crippen molar-refractivity contribution in [2.45, 2.75) is 39.2 Å². The fraction of sp³-hybridized carbons (Fsp3) is 0.545. The van der Waals surface area contributed by atoms with Crippen LogP contribution < -0.4 is 16.8 Å². The Morgan fingerprint density at radius 2 is 2.06 bits per heavy atom. The SMILES string of the molecule is CC(CC(N)=O)Nc1ncnc(N)c1C(C)C. The molecule has 6 heteroatoms. The molecule has 1 rings (SSSR count). The first-order valence-corrected chi connectivity index (χ1v) is 5.57. The molecule has 0 aliphatic carbocycles. The predicted molar refractivity (Wildman–Crippen MR) is 67.4 cm³/mol. The summed E-state index contributed by atoms with van der Waals surface area (Å²) in [7, 11) is 0. The molecule has 0 saturated heterocycles. The van der Waals surface area contributed by atoms with E-state index in [2.05, 4.69) is 15.3 Å². The van der Waals surface area contributed by atoms with Gasteiger partial charge in [-0.15, -0.1) is 0 Å². The average Bonchev–Trinajstić information content (AvgIpc) is 2.15. The van der Waals surface area contributed by atoms with Crippen molar-refractivity contribution in [3.05, 3.63) is 11.9 Å². The highest BCUT2D eigenvalue weighted by atomic mass is 16.1. The van der Waals surface area contributed by atoms with E-state index in [-0.39, 0.29) is 24.3 Å². The number of hydrogen-bond acceptors (Lipinski definition) is 5. The summed E-state index contributed by atoms with van der Waals surface area (Å²) in [5.41, 5.74) is 11.8. The summed E-state index contributed by atoms with van der Waals surface area (Å²) in [5.74, 6) is 0.989. The maximum atomic E-state index is 10.8. The van der Waals surface area contributed by atoms with E-state index in [9.17, 15) is 4.79 Å². The Morgan fingerprint density at radius 3 is 2.59 bits per heavy atom. The van der Waals surface area contributed by atoms with Crippen molar-refractivity contribution in [1.82, 2.24) is 9.97 Å². The van der Waals surface area contributed by atoms with E-state index in [0.717, 1.165) is 5.56 Å². The maximum absolute atomic E-state index is 10.8. The fourth-order valence-corrected chi connectivity index (χ4v) is 1.68. The van der Waals surface area contributed by atoms with Gasteiger partial charge in [-0.25, -0.2) is 9.97 Å². The number of anilines is 2. The Kier molecular flexibility index (Phi) is 4.25. The van der Waals surface area contributed by atoms with Crippen molar-refractivity contribution in [1.29, 1.82) is 0 Å². The Labute approximate surface area is 101 Å². The van der Waals surface area contributed by atoms with Gasteiger partial charge < -0.3 is 16.8 Å². The van der Waals surface area contributed by atoms with Gasteiger partial charge in [-0.1, -0.05) is 13.8 Å². The van der Waals surface area contributed by atoms with Crippen LogP contribution in [0.4, 0.5) is 11.6 Å². The summed E-state index contributed by atoms with van der Waals surface area (Å²) in [5, 5.41) is 3.13. The number of carbonyl (C=O) groups excluding carboxylic acids is 1. The molecule has 1 aromatic rings. The Bertz CT molecular complexity index is 405. The summed E-state index contributed by atoms with van der Waals surface area (Å²) in [6, 6.07) is -0.0840. The molecule has 1 aromatic heterocycles. The van der Waals surface area contributed by atoms with Crippen LogP contribution in [0.15, 0.2) is 6.33 Å². The predicted octanol–water partition coefficient (Wildman–Crippen LogP) is 0.858. The van der Waals surface area contributed by atoms with Crippen molar-refractivity contribution in [3.8, 4) is 0 Å².